The number of benzene rings is 2. The number of carbonyl (C=O) groups excluding carboxylic acids is 2. The lowest BCUT2D eigenvalue weighted by atomic mass is 9.97. The number of amides is 1. The third-order valence-corrected chi connectivity index (χ3v) is 3.88. The van der Waals surface area contributed by atoms with Gasteiger partial charge in [-0.05, 0) is 38.0 Å². The summed E-state index contributed by atoms with van der Waals surface area (Å²) in [5.74, 6) is -1.08. The van der Waals surface area contributed by atoms with Gasteiger partial charge in [-0.3, -0.25) is 9.59 Å². The van der Waals surface area contributed by atoms with Gasteiger partial charge in [0, 0.05) is 5.69 Å². The zero-order valence-corrected chi connectivity index (χ0v) is 14.3. The summed E-state index contributed by atoms with van der Waals surface area (Å²) in [6, 6.07) is 16.9. The van der Waals surface area contributed by atoms with Crippen molar-refractivity contribution in [3.8, 4) is 0 Å². The number of anilines is 1. The van der Waals surface area contributed by atoms with Gasteiger partial charge in [0.25, 0.3) is 5.91 Å². The van der Waals surface area contributed by atoms with Crippen LogP contribution >= 0.6 is 0 Å². The molecule has 0 bridgehead atoms. The molecule has 24 heavy (non-hydrogen) atoms. The molecular formula is C20H23NO3. The van der Waals surface area contributed by atoms with E-state index in [1.807, 2.05) is 68.4 Å². The summed E-state index contributed by atoms with van der Waals surface area (Å²) in [6.07, 6.45) is -0.230. The molecule has 0 aromatic heterocycles. The molecule has 2 rings (SSSR count). The lowest BCUT2D eigenvalue weighted by Crippen LogP contribution is -2.31. The molecule has 0 saturated heterocycles. The zero-order chi connectivity index (χ0) is 17.5. The van der Waals surface area contributed by atoms with Crippen molar-refractivity contribution in [3.63, 3.8) is 0 Å². The Morgan fingerprint density at radius 1 is 1.04 bits per heavy atom. The molecule has 2 atom stereocenters. The molecule has 2 aromatic carbocycles. The molecule has 4 nitrogen and oxygen atoms in total. The van der Waals surface area contributed by atoms with Gasteiger partial charge in [-0.25, -0.2) is 0 Å². The van der Waals surface area contributed by atoms with Crippen LogP contribution in [0.25, 0.3) is 0 Å². The lowest BCUT2D eigenvalue weighted by Gasteiger charge is -2.18. The number of ether oxygens (including phenoxy) is 1. The largest absolute Gasteiger partial charge is 0.452 e. The van der Waals surface area contributed by atoms with Crippen LogP contribution in [0.4, 0.5) is 5.69 Å². The molecule has 0 spiro atoms. The second-order valence-corrected chi connectivity index (χ2v) is 5.81. The molecule has 0 radical (unpaired) electrons. The summed E-state index contributed by atoms with van der Waals surface area (Å²) in [6.45, 7) is 5.49. The Balaban J connectivity index is 1.97. The van der Waals surface area contributed by atoms with Crippen LogP contribution in [0, 0.1) is 6.92 Å². The van der Waals surface area contributed by atoms with Gasteiger partial charge < -0.3 is 10.1 Å². The van der Waals surface area contributed by atoms with E-state index in [2.05, 4.69) is 5.32 Å². The van der Waals surface area contributed by atoms with E-state index in [4.69, 9.17) is 4.74 Å². The van der Waals surface area contributed by atoms with Crippen molar-refractivity contribution < 1.29 is 14.3 Å². The number of hydrogen-bond donors (Lipinski definition) is 1. The fourth-order valence-corrected chi connectivity index (χ4v) is 2.41. The minimum Gasteiger partial charge on any atom is -0.452 e. The molecule has 0 saturated carbocycles. The Hall–Kier alpha value is -2.62. The molecule has 4 heteroatoms. The van der Waals surface area contributed by atoms with Crippen molar-refractivity contribution in [3.05, 3.63) is 65.7 Å². The van der Waals surface area contributed by atoms with Crippen LogP contribution in [0.3, 0.4) is 0 Å². The first kappa shape index (κ1) is 17.7. The number of hydrogen-bond acceptors (Lipinski definition) is 3. The lowest BCUT2D eigenvalue weighted by molar-refractivity contribution is -0.154. The topological polar surface area (TPSA) is 55.4 Å². The molecule has 0 fully saturated rings. The second kappa shape index (κ2) is 8.29. The zero-order valence-electron chi connectivity index (χ0n) is 14.3. The van der Waals surface area contributed by atoms with Crippen molar-refractivity contribution in [2.45, 2.75) is 39.2 Å². The predicted octanol–water partition coefficient (Wildman–Crippen LogP) is 4.06. The van der Waals surface area contributed by atoms with E-state index in [0.717, 1.165) is 11.1 Å². The monoisotopic (exact) mass is 325 g/mol. The van der Waals surface area contributed by atoms with Gasteiger partial charge in [-0.1, -0.05) is 55.0 Å². The van der Waals surface area contributed by atoms with E-state index in [1.165, 1.54) is 0 Å². The predicted molar refractivity (Wildman–Crippen MR) is 94.8 cm³/mol. The van der Waals surface area contributed by atoms with Crippen LogP contribution in [-0.4, -0.2) is 18.0 Å². The number of esters is 1. The molecular weight excluding hydrogens is 302 g/mol. The SMILES string of the molecule is CC[C@@H](C(=O)O[C@H](C)C(=O)Nc1ccc(C)cc1)c1ccccc1. The standard InChI is InChI=1S/C20H23NO3/c1-4-18(16-8-6-5-7-9-16)20(23)24-15(3)19(22)21-17-12-10-14(2)11-13-17/h5-13,15,18H,4H2,1-3H3,(H,21,22)/t15-,18-/m1/s1. The molecule has 1 N–H and O–H groups in total. The van der Waals surface area contributed by atoms with Gasteiger partial charge in [0.2, 0.25) is 0 Å². The van der Waals surface area contributed by atoms with Gasteiger partial charge in [0.1, 0.15) is 0 Å². The van der Waals surface area contributed by atoms with Crippen LogP contribution in [-0.2, 0) is 14.3 Å². The molecule has 0 heterocycles. The second-order valence-electron chi connectivity index (χ2n) is 5.81. The number of aryl methyl sites for hydroxylation is 1. The summed E-state index contributed by atoms with van der Waals surface area (Å²) in [5.41, 5.74) is 2.70. The first-order chi connectivity index (χ1) is 11.5. The highest BCUT2D eigenvalue weighted by molar-refractivity contribution is 5.95. The van der Waals surface area contributed by atoms with Gasteiger partial charge in [0.05, 0.1) is 5.92 Å². The highest BCUT2D eigenvalue weighted by atomic mass is 16.5. The number of nitrogens with one attached hydrogen (secondary N) is 1. The van der Waals surface area contributed by atoms with Gasteiger partial charge >= 0.3 is 5.97 Å². The maximum atomic E-state index is 12.4. The van der Waals surface area contributed by atoms with Crippen LogP contribution < -0.4 is 5.32 Å². The van der Waals surface area contributed by atoms with E-state index in [0.29, 0.717) is 12.1 Å². The maximum absolute atomic E-state index is 12.4. The Bertz CT molecular complexity index is 680. The average molecular weight is 325 g/mol. The van der Waals surface area contributed by atoms with Gasteiger partial charge in [-0.2, -0.15) is 0 Å². The fraction of sp³-hybridized carbons (Fsp3) is 0.300. The quantitative estimate of drug-likeness (QED) is 0.815. The van der Waals surface area contributed by atoms with Crippen molar-refractivity contribution in [1.29, 1.82) is 0 Å². The van der Waals surface area contributed by atoms with Crippen LogP contribution in [0.2, 0.25) is 0 Å². The van der Waals surface area contributed by atoms with Crippen molar-refractivity contribution in [1.82, 2.24) is 0 Å². The van der Waals surface area contributed by atoms with Crippen molar-refractivity contribution in [2.24, 2.45) is 0 Å². The van der Waals surface area contributed by atoms with Gasteiger partial charge in [-0.15, -0.1) is 0 Å². The summed E-state index contributed by atoms with van der Waals surface area (Å²) >= 11 is 0. The summed E-state index contributed by atoms with van der Waals surface area (Å²) in [4.78, 5) is 24.6. The van der Waals surface area contributed by atoms with Crippen molar-refractivity contribution >= 4 is 17.6 Å². The maximum Gasteiger partial charge on any atom is 0.314 e. The molecule has 0 aliphatic rings. The van der Waals surface area contributed by atoms with Crippen LogP contribution in [0.1, 0.15) is 37.3 Å². The molecule has 0 aliphatic heterocycles. The molecule has 2 aromatic rings. The van der Waals surface area contributed by atoms with E-state index in [1.54, 1.807) is 6.92 Å². The first-order valence-corrected chi connectivity index (χ1v) is 8.14. The summed E-state index contributed by atoms with van der Waals surface area (Å²) in [5, 5.41) is 2.75. The normalized spacial score (nSPS) is 13.0. The van der Waals surface area contributed by atoms with E-state index in [-0.39, 0.29) is 17.8 Å². The average Bonchev–Trinajstić information content (AvgIpc) is 2.58. The Labute approximate surface area is 142 Å². The summed E-state index contributed by atoms with van der Waals surface area (Å²) in [7, 11) is 0. The Kier molecular flexibility index (Phi) is 6.13. The minimum atomic E-state index is -0.850. The highest BCUT2D eigenvalue weighted by Crippen LogP contribution is 2.21. The van der Waals surface area contributed by atoms with Gasteiger partial charge in [0.15, 0.2) is 6.10 Å². The van der Waals surface area contributed by atoms with E-state index >= 15 is 0 Å². The molecule has 1 amide bonds. The minimum absolute atomic E-state index is 0.338. The summed E-state index contributed by atoms with van der Waals surface area (Å²) < 4.78 is 5.36. The first-order valence-electron chi connectivity index (χ1n) is 8.14. The molecule has 0 unspecified atom stereocenters. The Morgan fingerprint density at radius 2 is 1.67 bits per heavy atom. The smallest absolute Gasteiger partial charge is 0.314 e. The Morgan fingerprint density at radius 3 is 2.25 bits per heavy atom. The number of carbonyl (C=O) groups is 2. The molecule has 0 aliphatic carbocycles. The van der Waals surface area contributed by atoms with E-state index in [9.17, 15) is 9.59 Å². The van der Waals surface area contributed by atoms with Crippen LogP contribution in [0.15, 0.2) is 54.6 Å². The van der Waals surface area contributed by atoms with Crippen molar-refractivity contribution in [2.75, 3.05) is 5.32 Å². The third-order valence-electron chi connectivity index (χ3n) is 3.88. The molecule has 126 valence electrons. The van der Waals surface area contributed by atoms with E-state index < -0.39 is 6.10 Å². The highest BCUT2D eigenvalue weighted by Gasteiger charge is 2.25. The number of rotatable bonds is 6. The third kappa shape index (κ3) is 4.69. The fourth-order valence-electron chi connectivity index (χ4n) is 2.41. The van der Waals surface area contributed by atoms with Crippen LogP contribution in [0.5, 0.6) is 0 Å².